The summed E-state index contributed by atoms with van der Waals surface area (Å²) in [5.74, 6) is -1.17. The van der Waals surface area contributed by atoms with Gasteiger partial charge in [0.05, 0.1) is 12.0 Å². The molecule has 0 saturated carbocycles. The Morgan fingerprint density at radius 3 is 2.24 bits per heavy atom. The summed E-state index contributed by atoms with van der Waals surface area (Å²) in [4.78, 5) is 22.1. The molecule has 5 heteroatoms. The van der Waals surface area contributed by atoms with Crippen LogP contribution in [0.3, 0.4) is 0 Å². The van der Waals surface area contributed by atoms with E-state index in [4.69, 9.17) is 10.8 Å². The molecule has 0 aliphatic heterocycles. The van der Waals surface area contributed by atoms with Crippen molar-refractivity contribution in [1.82, 2.24) is 0 Å². The summed E-state index contributed by atoms with van der Waals surface area (Å²) in [5, 5.41) is 11.6. The van der Waals surface area contributed by atoms with Crippen LogP contribution in [0.5, 0.6) is 0 Å². The number of hydrogen-bond acceptors (Lipinski definition) is 3. The Kier molecular flexibility index (Phi) is 3.85. The van der Waals surface area contributed by atoms with Crippen molar-refractivity contribution in [3.63, 3.8) is 0 Å². The Morgan fingerprint density at radius 1 is 1.29 bits per heavy atom. The summed E-state index contributed by atoms with van der Waals surface area (Å²) in [5.41, 5.74) is 5.50. The molecule has 0 aromatic heterocycles. The summed E-state index contributed by atoms with van der Waals surface area (Å²) >= 11 is 0. The normalized spacial score (nSPS) is 11.0. The van der Waals surface area contributed by atoms with E-state index in [2.05, 4.69) is 5.32 Å². The lowest BCUT2D eigenvalue weighted by Crippen LogP contribution is -2.28. The largest absolute Gasteiger partial charge is 0.481 e. The molecule has 0 radical (unpaired) electrons. The number of benzene rings is 1. The fourth-order valence-electron chi connectivity index (χ4n) is 1.31. The predicted octanol–water partition coefficient (Wildman–Crippen LogP) is 0.946. The summed E-state index contributed by atoms with van der Waals surface area (Å²) < 4.78 is 0. The molecule has 17 heavy (non-hydrogen) atoms. The van der Waals surface area contributed by atoms with E-state index >= 15 is 0 Å². The molecule has 1 rings (SSSR count). The molecule has 0 bridgehead atoms. The Labute approximate surface area is 99.6 Å². The van der Waals surface area contributed by atoms with Gasteiger partial charge in [-0.3, -0.25) is 9.59 Å². The topological polar surface area (TPSA) is 92.4 Å². The van der Waals surface area contributed by atoms with Crippen molar-refractivity contribution in [2.75, 3.05) is 11.9 Å². The molecule has 1 aromatic carbocycles. The first-order valence-electron chi connectivity index (χ1n) is 5.22. The number of carbonyl (C=O) groups is 2. The van der Waals surface area contributed by atoms with E-state index in [-0.39, 0.29) is 12.5 Å². The summed E-state index contributed by atoms with van der Waals surface area (Å²) in [6.45, 7) is 3.17. The van der Waals surface area contributed by atoms with Crippen molar-refractivity contribution in [2.45, 2.75) is 19.3 Å². The second-order valence-electron chi connectivity index (χ2n) is 4.26. The van der Waals surface area contributed by atoms with E-state index in [9.17, 15) is 9.59 Å². The van der Waals surface area contributed by atoms with Gasteiger partial charge in [0.2, 0.25) is 5.91 Å². The molecular weight excluding hydrogens is 220 g/mol. The molecular formula is C12H16N2O3. The molecule has 0 atom stereocenters. The van der Waals surface area contributed by atoms with Gasteiger partial charge in [0.1, 0.15) is 0 Å². The standard InChI is InChI=1S/C12H16N2O3/c1-12(2,11(16)17)8-3-5-9(6-4-8)14-10(15)7-13/h3-6H,7,13H2,1-2H3,(H,14,15)(H,16,17). The molecule has 0 aliphatic rings. The zero-order chi connectivity index (χ0) is 13.1. The van der Waals surface area contributed by atoms with Crippen molar-refractivity contribution in [3.8, 4) is 0 Å². The van der Waals surface area contributed by atoms with Crippen molar-refractivity contribution in [3.05, 3.63) is 29.8 Å². The van der Waals surface area contributed by atoms with Gasteiger partial charge in [-0.15, -0.1) is 0 Å². The highest BCUT2D eigenvalue weighted by atomic mass is 16.4. The number of hydrogen-bond donors (Lipinski definition) is 3. The van der Waals surface area contributed by atoms with Crippen LogP contribution < -0.4 is 11.1 Å². The number of anilines is 1. The number of carboxylic acids is 1. The van der Waals surface area contributed by atoms with Gasteiger partial charge in [0.15, 0.2) is 0 Å². The average Bonchev–Trinajstić information content (AvgIpc) is 2.29. The minimum absolute atomic E-state index is 0.0810. The van der Waals surface area contributed by atoms with Crippen LogP contribution in [-0.2, 0) is 15.0 Å². The lowest BCUT2D eigenvalue weighted by Gasteiger charge is -2.19. The predicted molar refractivity (Wildman–Crippen MR) is 64.8 cm³/mol. The number of carboxylic acid groups (broad SMARTS) is 1. The van der Waals surface area contributed by atoms with Crippen LogP contribution >= 0.6 is 0 Å². The zero-order valence-corrected chi connectivity index (χ0v) is 9.86. The van der Waals surface area contributed by atoms with E-state index in [1.54, 1.807) is 38.1 Å². The van der Waals surface area contributed by atoms with Crippen molar-refractivity contribution in [2.24, 2.45) is 5.73 Å². The molecule has 0 heterocycles. The SMILES string of the molecule is CC(C)(C(=O)O)c1ccc(NC(=O)CN)cc1. The average molecular weight is 236 g/mol. The van der Waals surface area contributed by atoms with Crippen LogP contribution in [-0.4, -0.2) is 23.5 Å². The summed E-state index contributed by atoms with van der Waals surface area (Å²) in [7, 11) is 0. The number of rotatable bonds is 4. The van der Waals surface area contributed by atoms with Gasteiger partial charge >= 0.3 is 5.97 Å². The van der Waals surface area contributed by atoms with Crippen LogP contribution in [0.25, 0.3) is 0 Å². The first-order valence-corrected chi connectivity index (χ1v) is 5.22. The molecule has 0 saturated heterocycles. The van der Waals surface area contributed by atoms with Crippen LogP contribution in [0, 0.1) is 0 Å². The van der Waals surface area contributed by atoms with E-state index in [1.165, 1.54) is 0 Å². The number of nitrogens with two attached hydrogens (primary N) is 1. The minimum atomic E-state index is -0.948. The maximum atomic E-state index is 11.0. The molecule has 1 aromatic rings. The van der Waals surface area contributed by atoms with Crippen LogP contribution in [0.2, 0.25) is 0 Å². The first-order chi connectivity index (χ1) is 7.87. The third kappa shape index (κ3) is 3.04. The van der Waals surface area contributed by atoms with Gasteiger partial charge in [-0.05, 0) is 31.5 Å². The number of amides is 1. The van der Waals surface area contributed by atoms with Gasteiger partial charge in [-0.2, -0.15) is 0 Å². The molecule has 0 aliphatic carbocycles. The highest BCUT2D eigenvalue weighted by Gasteiger charge is 2.29. The fraction of sp³-hybridized carbons (Fsp3) is 0.333. The third-order valence-electron chi connectivity index (χ3n) is 2.61. The van der Waals surface area contributed by atoms with Crippen LogP contribution in [0.1, 0.15) is 19.4 Å². The number of aliphatic carboxylic acids is 1. The molecule has 1 amide bonds. The first kappa shape index (κ1) is 13.2. The third-order valence-corrected chi connectivity index (χ3v) is 2.61. The van der Waals surface area contributed by atoms with Gasteiger partial charge in [0, 0.05) is 5.69 Å². The highest BCUT2D eigenvalue weighted by Crippen LogP contribution is 2.24. The van der Waals surface area contributed by atoms with Gasteiger partial charge in [-0.25, -0.2) is 0 Å². The second-order valence-corrected chi connectivity index (χ2v) is 4.26. The molecule has 5 nitrogen and oxygen atoms in total. The lowest BCUT2D eigenvalue weighted by atomic mass is 9.85. The fourth-order valence-corrected chi connectivity index (χ4v) is 1.31. The maximum absolute atomic E-state index is 11.0. The molecule has 0 spiro atoms. The Hall–Kier alpha value is -1.88. The monoisotopic (exact) mass is 236 g/mol. The summed E-state index contributed by atoms with van der Waals surface area (Å²) in [6.07, 6.45) is 0. The molecule has 4 N–H and O–H groups in total. The van der Waals surface area contributed by atoms with Gasteiger partial charge < -0.3 is 16.2 Å². The van der Waals surface area contributed by atoms with Gasteiger partial charge in [0.25, 0.3) is 0 Å². The molecule has 0 fully saturated rings. The van der Waals surface area contributed by atoms with E-state index in [0.29, 0.717) is 11.3 Å². The molecule has 92 valence electrons. The van der Waals surface area contributed by atoms with Crippen molar-refractivity contribution in [1.29, 1.82) is 0 Å². The Morgan fingerprint density at radius 2 is 1.82 bits per heavy atom. The highest BCUT2D eigenvalue weighted by molar-refractivity contribution is 5.92. The number of nitrogens with one attached hydrogen (secondary N) is 1. The maximum Gasteiger partial charge on any atom is 0.313 e. The zero-order valence-electron chi connectivity index (χ0n) is 9.86. The van der Waals surface area contributed by atoms with Crippen LogP contribution in [0.15, 0.2) is 24.3 Å². The second kappa shape index (κ2) is 4.97. The van der Waals surface area contributed by atoms with Crippen molar-refractivity contribution < 1.29 is 14.7 Å². The number of carbonyl (C=O) groups excluding carboxylic acids is 1. The van der Waals surface area contributed by atoms with E-state index in [1.807, 2.05) is 0 Å². The van der Waals surface area contributed by atoms with Crippen molar-refractivity contribution >= 4 is 17.6 Å². The Bertz CT molecular complexity index is 424. The summed E-state index contributed by atoms with van der Waals surface area (Å²) in [6, 6.07) is 6.68. The Balaban J connectivity index is 2.88. The van der Waals surface area contributed by atoms with E-state index < -0.39 is 11.4 Å². The smallest absolute Gasteiger partial charge is 0.313 e. The van der Waals surface area contributed by atoms with Crippen LogP contribution in [0.4, 0.5) is 5.69 Å². The van der Waals surface area contributed by atoms with Gasteiger partial charge in [-0.1, -0.05) is 12.1 Å². The minimum Gasteiger partial charge on any atom is -0.481 e. The molecule has 0 unspecified atom stereocenters. The quantitative estimate of drug-likeness (QED) is 0.725. The lowest BCUT2D eigenvalue weighted by molar-refractivity contribution is -0.142. The van der Waals surface area contributed by atoms with E-state index in [0.717, 1.165) is 0 Å².